The molecule has 0 aliphatic carbocycles. The molecule has 1 aromatic heterocycles. The first kappa shape index (κ1) is 18.4. The van der Waals surface area contributed by atoms with Gasteiger partial charge in [0.25, 0.3) is 0 Å². The van der Waals surface area contributed by atoms with Gasteiger partial charge in [0.05, 0.1) is 18.1 Å². The highest BCUT2D eigenvalue weighted by Crippen LogP contribution is 2.34. The Balaban J connectivity index is 1.51. The number of carbonyl (C=O) groups is 1. The Hall–Kier alpha value is -3.60. The normalized spacial score (nSPS) is 16.4. The van der Waals surface area contributed by atoms with Gasteiger partial charge in [-0.3, -0.25) is 4.79 Å². The summed E-state index contributed by atoms with van der Waals surface area (Å²) >= 11 is 0. The minimum atomic E-state index is 0.0415. The molecule has 5 heteroatoms. The van der Waals surface area contributed by atoms with Gasteiger partial charge in [-0.05, 0) is 29.8 Å². The summed E-state index contributed by atoms with van der Waals surface area (Å²) in [6.07, 6.45) is 0.454. The fourth-order valence-corrected chi connectivity index (χ4v) is 4.25. The second-order valence-electron chi connectivity index (χ2n) is 7.64. The summed E-state index contributed by atoms with van der Waals surface area (Å²) in [5.41, 5.74) is 4.16. The zero-order valence-corrected chi connectivity index (χ0v) is 16.9. The van der Waals surface area contributed by atoms with Gasteiger partial charge in [-0.2, -0.15) is 0 Å². The monoisotopic (exact) mass is 397 g/mol. The van der Waals surface area contributed by atoms with Crippen LogP contribution in [0.5, 0.6) is 5.75 Å². The maximum absolute atomic E-state index is 12.9. The molecule has 2 heterocycles. The molecule has 1 aliphatic rings. The van der Waals surface area contributed by atoms with Crippen molar-refractivity contribution in [2.75, 3.05) is 18.6 Å². The van der Waals surface area contributed by atoms with Crippen LogP contribution >= 0.6 is 0 Å². The van der Waals surface area contributed by atoms with Gasteiger partial charge in [0.1, 0.15) is 11.6 Å². The fraction of sp³-hybridized carbons (Fsp3) is 0.200. The zero-order chi connectivity index (χ0) is 20.5. The van der Waals surface area contributed by atoms with Crippen molar-refractivity contribution in [3.05, 3.63) is 90.3 Å². The van der Waals surface area contributed by atoms with Crippen molar-refractivity contribution in [1.29, 1.82) is 0 Å². The van der Waals surface area contributed by atoms with E-state index in [1.807, 2.05) is 53.4 Å². The molecule has 30 heavy (non-hydrogen) atoms. The minimum absolute atomic E-state index is 0.0415. The van der Waals surface area contributed by atoms with E-state index in [0.29, 0.717) is 13.0 Å². The molecular formula is C25H23N3O2. The summed E-state index contributed by atoms with van der Waals surface area (Å²) in [6, 6.07) is 26.2. The lowest BCUT2D eigenvalue weighted by molar-refractivity contribution is -0.117. The quantitative estimate of drug-likeness (QED) is 0.494. The number of hydrogen-bond donors (Lipinski definition) is 0. The lowest BCUT2D eigenvalue weighted by Crippen LogP contribution is -2.24. The average molecular weight is 397 g/mol. The molecule has 0 N–H and O–H groups in total. The first-order valence-electron chi connectivity index (χ1n) is 10.2. The zero-order valence-electron chi connectivity index (χ0n) is 16.9. The van der Waals surface area contributed by atoms with E-state index in [1.165, 1.54) is 5.56 Å². The van der Waals surface area contributed by atoms with E-state index in [4.69, 9.17) is 9.72 Å². The van der Waals surface area contributed by atoms with E-state index in [0.717, 1.165) is 34.8 Å². The maximum atomic E-state index is 12.9. The van der Waals surface area contributed by atoms with Crippen LogP contribution in [0.3, 0.4) is 0 Å². The lowest BCUT2D eigenvalue weighted by atomic mass is 10.1. The predicted octanol–water partition coefficient (Wildman–Crippen LogP) is 4.61. The van der Waals surface area contributed by atoms with Crippen molar-refractivity contribution < 1.29 is 9.53 Å². The number of nitrogens with zero attached hydrogens (tertiary/aromatic N) is 3. The maximum Gasteiger partial charge on any atom is 0.227 e. The van der Waals surface area contributed by atoms with Crippen molar-refractivity contribution in [2.24, 2.45) is 0 Å². The molecule has 1 atom stereocenters. The van der Waals surface area contributed by atoms with Crippen LogP contribution in [-0.2, 0) is 11.3 Å². The number of carbonyl (C=O) groups excluding carboxylic acids is 1. The lowest BCUT2D eigenvalue weighted by Gasteiger charge is -2.18. The van der Waals surface area contributed by atoms with Crippen LogP contribution in [-0.4, -0.2) is 29.1 Å². The summed E-state index contributed by atoms with van der Waals surface area (Å²) in [4.78, 5) is 19.7. The summed E-state index contributed by atoms with van der Waals surface area (Å²) in [5.74, 6) is 1.88. The number of para-hydroxylation sites is 2. The van der Waals surface area contributed by atoms with Gasteiger partial charge in [-0.1, -0.05) is 48.5 Å². The molecule has 1 saturated heterocycles. The molecule has 150 valence electrons. The number of amides is 1. The molecule has 3 aromatic carbocycles. The Bertz CT molecular complexity index is 1200. The van der Waals surface area contributed by atoms with E-state index >= 15 is 0 Å². The molecule has 0 saturated carbocycles. The third kappa shape index (κ3) is 3.32. The summed E-state index contributed by atoms with van der Waals surface area (Å²) in [7, 11) is 1.64. The molecule has 5 nitrogen and oxygen atoms in total. The molecule has 1 amide bonds. The first-order chi connectivity index (χ1) is 14.7. The fourth-order valence-electron chi connectivity index (χ4n) is 4.25. The number of methoxy groups -OCH3 is 1. The molecule has 0 bridgehead atoms. The molecule has 5 rings (SSSR count). The Morgan fingerprint density at radius 3 is 2.63 bits per heavy atom. The van der Waals surface area contributed by atoms with E-state index in [1.54, 1.807) is 7.11 Å². The Morgan fingerprint density at radius 1 is 1.00 bits per heavy atom. The highest BCUT2D eigenvalue weighted by atomic mass is 16.5. The number of aromatic nitrogens is 2. The molecule has 0 spiro atoms. The van der Waals surface area contributed by atoms with Crippen LogP contribution in [0.15, 0.2) is 78.9 Å². The smallest absolute Gasteiger partial charge is 0.227 e. The molecule has 1 fully saturated rings. The first-order valence-corrected chi connectivity index (χ1v) is 10.2. The number of anilines is 1. The molecular weight excluding hydrogens is 374 g/mol. The van der Waals surface area contributed by atoms with Crippen molar-refractivity contribution in [2.45, 2.75) is 18.9 Å². The number of ether oxygens (including phenoxy) is 1. The van der Waals surface area contributed by atoms with Crippen molar-refractivity contribution in [3.63, 3.8) is 0 Å². The second kappa shape index (κ2) is 7.67. The number of imidazole rings is 1. The van der Waals surface area contributed by atoms with Gasteiger partial charge in [0, 0.05) is 37.2 Å². The molecule has 4 aromatic rings. The Morgan fingerprint density at radius 2 is 1.80 bits per heavy atom. The van der Waals surface area contributed by atoms with E-state index in [-0.39, 0.29) is 11.8 Å². The molecule has 0 radical (unpaired) electrons. The topological polar surface area (TPSA) is 47.4 Å². The van der Waals surface area contributed by atoms with Gasteiger partial charge in [0.2, 0.25) is 5.91 Å². The SMILES string of the molecule is COc1cccc(N2CC(c3nc4ccccc4n3Cc3ccccc3)CC2=O)c1. The van der Waals surface area contributed by atoms with E-state index < -0.39 is 0 Å². The van der Waals surface area contributed by atoms with Crippen LogP contribution in [0.4, 0.5) is 5.69 Å². The van der Waals surface area contributed by atoms with Gasteiger partial charge in [-0.25, -0.2) is 4.98 Å². The van der Waals surface area contributed by atoms with Crippen LogP contribution < -0.4 is 9.64 Å². The van der Waals surface area contributed by atoms with Gasteiger partial charge in [0.15, 0.2) is 0 Å². The Kier molecular flexibility index (Phi) is 4.71. The third-order valence-electron chi connectivity index (χ3n) is 5.72. The largest absolute Gasteiger partial charge is 0.497 e. The number of benzene rings is 3. The van der Waals surface area contributed by atoms with Gasteiger partial charge < -0.3 is 14.2 Å². The van der Waals surface area contributed by atoms with Crippen LogP contribution in [0.1, 0.15) is 23.7 Å². The van der Waals surface area contributed by atoms with E-state index in [2.05, 4.69) is 34.9 Å². The summed E-state index contributed by atoms with van der Waals surface area (Å²) in [6.45, 7) is 1.35. The third-order valence-corrected chi connectivity index (χ3v) is 5.72. The summed E-state index contributed by atoms with van der Waals surface area (Å²) in [5, 5.41) is 0. The summed E-state index contributed by atoms with van der Waals surface area (Å²) < 4.78 is 7.59. The van der Waals surface area contributed by atoms with Gasteiger partial charge in [-0.15, -0.1) is 0 Å². The number of hydrogen-bond acceptors (Lipinski definition) is 3. The molecule has 1 unspecified atom stereocenters. The highest BCUT2D eigenvalue weighted by Gasteiger charge is 2.35. The second-order valence-corrected chi connectivity index (χ2v) is 7.64. The van der Waals surface area contributed by atoms with Gasteiger partial charge >= 0.3 is 0 Å². The van der Waals surface area contributed by atoms with Crippen molar-refractivity contribution in [1.82, 2.24) is 9.55 Å². The van der Waals surface area contributed by atoms with Crippen molar-refractivity contribution >= 4 is 22.6 Å². The van der Waals surface area contributed by atoms with Crippen molar-refractivity contribution in [3.8, 4) is 5.75 Å². The minimum Gasteiger partial charge on any atom is -0.497 e. The Labute approximate surface area is 175 Å². The van der Waals surface area contributed by atoms with E-state index in [9.17, 15) is 4.79 Å². The standard InChI is InChI=1S/C25H23N3O2/c1-30-21-11-7-10-20(15-21)27-17-19(14-24(27)29)25-26-22-12-5-6-13-23(22)28(25)16-18-8-3-2-4-9-18/h2-13,15,19H,14,16-17H2,1H3. The highest BCUT2D eigenvalue weighted by molar-refractivity contribution is 5.96. The number of fused-ring (bicyclic) bond motifs is 1. The predicted molar refractivity (Wildman–Crippen MR) is 118 cm³/mol. The van der Waals surface area contributed by atoms with Crippen LogP contribution in [0.25, 0.3) is 11.0 Å². The molecule has 1 aliphatic heterocycles. The average Bonchev–Trinajstić information content (AvgIpc) is 3.35. The number of rotatable bonds is 5. The van der Waals surface area contributed by atoms with Crippen LogP contribution in [0, 0.1) is 0 Å². The van der Waals surface area contributed by atoms with Crippen LogP contribution in [0.2, 0.25) is 0 Å².